The number of sulfonamides is 1. The van der Waals surface area contributed by atoms with Gasteiger partial charge in [-0.25, -0.2) is 8.42 Å². The number of nitrogens with one attached hydrogen (secondary N) is 1. The second kappa shape index (κ2) is 9.65. The van der Waals surface area contributed by atoms with E-state index >= 15 is 0 Å². The van der Waals surface area contributed by atoms with Crippen LogP contribution < -0.4 is 9.62 Å². The van der Waals surface area contributed by atoms with Gasteiger partial charge in [-0.2, -0.15) is 0 Å². The molecule has 0 aliphatic carbocycles. The number of nitrogens with zero attached hydrogens (tertiary/aromatic N) is 1. The van der Waals surface area contributed by atoms with E-state index in [0.29, 0.717) is 12.1 Å². The second-order valence-corrected chi connectivity index (χ2v) is 10.2. The quantitative estimate of drug-likeness (QED) is 0.663. The van der Waals surface area contributed by atoms with E-state index in [1.165, 1.54) is 21.7 Å². The molecule has 2 rings (SSSR count). The van der Waals surface area contributed by atoms with Gasteiger partial charge < -0.3 is 5.32 Å². The van der Waals surface area contributed by atoms with Crippen LogP contribution in [0.15, 0.2) is 30.3 Å². The summed E-state index contributed by atoms with van der Waals surface area (Å²) in [5.41, 5.74) is 7.28. The van der Waals surface area contributed by atoms with Gasteiger partial charge in [0, 0.05) is 13.0 Å². The van der Waals surface area contributed by atoms with Crippen LogP contribution in [-0.2, 0) is 14.8 Å². The van der Waals surface area contributed by atoms with Crippen LogP contribution in [0.3, 0.4) is 0 Å². The standard InChI is InChI=1S/C24H34N2O3S/c1-16-10-11-17(2)23(13-16)26(30(7,28)29)12-8-9-24(27)25-21(6)22-15-19(4)18(3)14-20(22)5/h10-11,13-15,21H,8-9,12H2,1-7H3,(H,25,27)/t21-/m1/s1. The Kier molecular flexibility index (Phi) is 7.70. The van der Waals surface area contributed by atoms with E-state index in [0.717, 1.165) is 22.3 Å². The Hall–Kier alpha value is -2.34. The average Bonchev–Trinajstić information content (AvgIpc) is 2.63. The number of amides is 1. The molecule has 6 heteroatoms. The van der Waals surface area contributed by atoms with Crippen molar-refractivity contribution in [2.24, 2.45) is 0 Å². The molecule has 0 unspecified atom stereocenters. The van der Waals surface area contributed by atoms with Gasteiger partial charge in [-0.05, 0) is 87.4 Å². The van der Waals surface area contributed by atoms with Crippen molar-refractivity contribution in [1.29, 1.82) is 0 Å². The van der Waals surface area contributed by atoms with Gasteiger partial charge in [-0.15, -0.1) is 0 Å². The monoisotopic (exact) mass is 430 g/mol. The Morgan fingerprint density at radius 2 is 1.60 bits per heavy atom. The molecule has 2 aromatic carbocycles. The number of aryl methyl sites for hydroxylation is 5. The average molecular weight is 431 g/mol. The summed E-state index contributed by atoms with van der Waals surface area (Å²) < 4.78 is 26.1. The first-order valence-electron chi connectivity index (χ1n) is 10.3. The second-order valence-electron chi connectivity index (χ2n) is 8.31. The number of hydrogen-bond donors (Lipinski definition) is 1. The number of carbonyl (C=O) groups excluding carboxylic acids is 1. The van der Waals surface area contributed by atoms with E-state index in [1.54, 1.807) is 0 Å². The molecule has 30 heavy (non-hydrogen) atoms. The van der Waals surface area contributed by atoms with Crippen molar-refractivity contribution in [3.05, 3.63) is 63.7 Å². The van der Waals surface area contributed by atoms with Crippen molar-refractivity contribution in [2.45, 2.75) is 60.4 Å². The predicted octanol–water partition coefficient (Wildman–Crippen LogP) is 4.65. The van der Waals surface area contributed by atoms with Gasteiger partial charge in [0.15, 0.2) is 0 Å². The van der Waals surface area contributed by atoms with Gasteiger partial charge in [0.05, 0.1) is 18.0 Å². The Balaban J connectivity index is 2.03. The Morgan fingerprint density at radius 1 is 0.967 bits per heavy atom. The van der Waals surface area contributed by atoms with Gasteiger partial charge in [-0.3, -0.25) is 9.10 Å². The van der Waals surface area contributed by atoms with Crippen LogP contribution in [0.5, 0.6) is 0 Å². The molecule has 1 atom stereocenters. The first-order valence-corrected chi connectivity index (χ1v) is 12.2. The maximum absolute atomic E-state index is 12.5. The number of anilines is 1. The van der Waals surface area contributed by atoms with Crippen LogP contribution >= 0.6 is 0 Å². The molecule has 164 valence electrons. The van der Waals surface area contributed by atoms with Gasteiger partial charge >= 0.3 is 0 Å². The summed E-state index contributed by atoms with van der Waals surface area (Å²) in [5.74, 6) is -0.0745. The summed E-state index contributed by atoms with van der Waals surface area (Å²) in [4.78, 5) is 12.5. The number of rotatable bonds is 8. The largest absolute Gasteiger partial charge is 0.350 e. The highest BCUT2D eigenvalue weighted by Gasteiger charge is 2.20. The summed E-state index contributed by atoms with van der Waals surface area (Å²) >= 11 is 0. The number of hydrogen-bond acceptors (Lipinski definition) is 3. The highest BCUT2D eigenvalue weighted by molar-refractivity contribution is 7.92. The predicted molar refractivity (Wildman–Crippen MR) is 125 cm³/mol. The van der Waals surface area contributed by atoms with Crippen LogP contribution in [0, 0.1) is 34.6 Å². The molecule has 1 amide bonds. The van der Waals surface area contributed by atoms with Gasteiger partial charge in [-0.1, -0.05) is 24.3 Å². The topological polar surface area (TPSA) is 66.5 Å². The summed E-state index contributed by atoms with van der Waals surface area (Å²) in [6.45, 7) is 12.3. The third kappa shape index (κ3) is 6.08. The molecular weight excluding hydrogens is 396 g/mol. The molecule has 0 spiro atoms. The van der Waals surface area contributed by atoms with Crippen LogP contribution in [0.1, 0.15) is 59.2 Å². The Morgan fingerprint density at radius 3 is 2.23 bits per heavy atom. The van der Waals surface area contributed by atoms with Gasteiger partial charge in [0.2, 0.25) is 15.9 Å². The lowest BCUT2D eigenvalue weighted by Crippen LogP contribution is -2.33. The molecule has 2 aromatic rings. The fraction of sp³-hybridized carbons (Fsp3) is 0.458. The fourth-order valence-electron chi connectivity index (χ4n) is 3.68. The molecule has 0 heterocycles. The van der Waals surface area contributed by atoms with E-state index in [-0.39, 0.29) is 24.9 Å². The van der Waals surface area contributed by atoms with Crippen molar-refractivity contribution >= 4 is 21.6 Å². The molecule has 0 saturated carbocycles. The lowest BCUT2D eigenvalue weighted by molar-refractivity contribution is -0.121. The first kappa shape index (κ1) is 23.9. The molecule has 0 bridgehead atoms. The lowest BCUT2D eigenvalue weighted by Gasteiger charge is -2.25. The van der Waals surface area contributed by atoms with Crippen molar-refractivity contribution in [3.8, 4) is 0 Å². The Labute approximate surface area is 181 Å². The minimum atomic E-state index is -3.43. The summed E-state index contributed by atoms with van der Waals surface area (Å²) in [7, 11) is -3.43. The first-order chi connectivity index (χ1) is 13.9. The van der Waals surface area contributed by atoms with Crippen LogP contribution in [0.25, 0.3) is 0 Å². The lowest BCUT2D eigenvalue weighted by atomic mass is 9.96. The molecule has 0 radical (unpaired) electrons. The highest BCUT2D eigenvalue weighted by Crippen LogP contribution is 2.25. The molecular formula is C24H34N2O3S. The van der Waals surface area contributed by atoms with E-state index in [9.17, 15) is 13.2 Å². The van der Waals surface area contributed by atoms with Crippen molar-refractivity contribution < 1.29 is 13.2 Å². The van der Waals surface area contributed by atoms with Gasteiger partial charge in [0.25, 0.3) is 0 Å². The number of benzene rings is 2. The minimum Gasteiger partial charge on any atom is -0.350 e. The smallest absolute Gasteiger partial charge is 0.232 e. The van der Waals surface area contributed by atoms with E-state index in [4.69, 9.17) is 0 Å². The van der Waals surface area contributed by atoms with Crippen LogP contribution in [-0.4, -0.2) is 27.1 Å². The molecule has 0 aromatic heterocycles. The van der Waals surface area contributed by atoms with Crippen molar-refractivity contribution in [1.82, 2.24) is 5.32 Å². The molecule has 0 fully saturated rings. The summed E-state index contributed by atoms with van der Waals surface area (Å²) in [6, 6.07) is 9.93. The fourth-order valence-corrected chi connectivity index (χ4v) is 4.69. The third-order valence-corrected chi connectivity index (χ3v) is 6.71. The van der Waals surface area contributed by atoms with Gasteiger partial charge in [0.1, 0.15) is 0 Å². The molecule has 0 saturated heterocycles. The van der Waals surface area contributed by atoms with E-state index < -0.39 is 10.0 Å². The highest BCUT2D eigenvalue weighted by atomic mass is 32.2. The Bertz CT molecular complexity index is 1030. The normalized spacial score (nSPS) is 12.5. The maximum Gasteiger partial charge on any atom is 0.232 e. The van der Waals surface area contributed by atoms with Crippen LogP contribution in [0.2, 0.25) is 0 Å². The molecule has 0 aliphatic heterocycles. The molecule has 1 N–H and O–H groups in total. The summed E-state index contributed by atoms with van der Waals surface area (Å²) in [5, 5.41) is 3.05. The minimum absolute atomic E-state index is 0.0745. The SMILES string of the molecule is Cc1ccc(C)c(N(CCCC(=O)N[C@H](C)c2cc(C)c(C)cc2C)S(C)(=O)=O)c1. The molecule has 0 aliphatic rings. The van der Waals surface area contributed by atoms with Crippen LogP contribution in [0.4, 0.5) is 5.69 Å². The zero-order chi connectivity index (χ0) is 22.6. The van der Waals surface area contributed by atoms with Crippen molar-refractivity contribution in [2.75, 3.05) is 17.1 Å². The molecule has 5 nitrogen and oxygen atoms in total. The maximum atomic E-state index is 12.5. The van der Waals surface area contributed by atoms with E-state index in [2.05, 4.69) is 38.2 Å². The zero-order valence-electron chi connectivity index (χ0n) is 19.2. The summed E-state index contributed by atoms with van der Waals surface area (Å²) in [6.07, 6.45) is 1.93. The zero-order valence-corrected chi connectivity index (χ0v) is 20.0. The third-order valence-electron chi connectivity index (χ3n) is 5.53. The van der Waals surface area contributed by atoms with Crippen molar-refractivity contribution in [3.63, 3.8) is 0 Å². The number of carbonyl (C=O) groups is 1. The van der Waals surface area contributed by atoms with E-state index in [1.807, 2.05) is 39.0 Å².